The van der Waals surface area contributed by atoms with E-state index < -0.39 is 0 Å². The van der Waals surface area contributed by atoms with Crippen molar-refractivity contribution in [2.45, 2.75) is 19.9 Å². The molecule has 1 unspecified atom stereocenters. The Balaban J connectivity index is 1.42. The lowest BCUT2D eigenvalue weighted by atomic mass is 10.1. The van der Waals surface area contributed by atoms with Crippen LogP contribution in [0.5, 0.6) is 11.5 Å². The van der Waals surface area contributed by atoms with Crippen molar-refractivity contribution < 1.29 is 19.1 Å². The summed E-state index contributed by atoms with van der Waals surface area (Å²) in [6.07, 6.45) is 0.195. The van der Waals surface area contributed by atoms with Crippen LogP contribution in [0.3, 0.4) is 0 Å². The minimum atomic E-state index is -0.387. The Morgan fingerprint density at radius 1 is 1.03 bits per heavy atom. The van der Waals surface area contributed by atoms with Gasteiger partial charge in [0, 0.05) is 19.5 Å². The molecule has 1 N–H and O–H groups in total. The van der Waals surface area contributed by atoms with Crippen LogP contribution in [-0.2, 0) is 16.1 Å². The van der Waals surface area contributed by atoms with Crippen molar-refractivity contribution in [2.24, 2.45) is 5.92 Å². The summed E-state index contributed by atoms with van der Waals surface area (Å²) in [7, 11) is 3.23. The second kappa shape index (κ2) is 8.68. The lowest BCUT2D eigenvalue weighted by Gasteiger charge is -2.20. The van der Waals surface area contributed by atoms with E-state index in [0.717, 1.165) is 27.6 Å². The molecule has 1 heterocycles. The molecular formula is C25H26N2O4. The Labute approximate surface area is 181 Å². The van der Waals surface area contributed by atoms with Crippen molar-refractivity contribution >= 4 is 28.3 Å². The topological polar surface area (TPSA) is 67.9 Å². The molecule has 1 aliphatic heterocycles. The molecule has 3 aromatic carbocycles. The number of anilines is 1. The first-order valence-electron chi connectivity index (χ1n) is 10.3. The number of nitrogens with one attached hydrogen (secondary N) is 1. The van der Waals surface area contributed by atoms with Crippen LogP contribution in [0.15, 0.2) is 54.6 Å². The molecule has 4 rings (SSSR count). The lowest BCUT2D eigenvalue weighted by Crippen LogP contribution is -2.32. The van der Waals surface area contributed by atoms with E-state index in [1.807, 2.05) is 55.5 Å². The molecule has 0 aliphatic carbocycles. The normalized spacial score (nSPS) is 15.9. The summed E-state index contributed by atoms with van der Waals surface area (Å²) in [5.74, 6) is 0.880. The van der Waals surface area contributed by atoms with E-state index in [2.05, 4.69) is 11.4 Å². The molecule has 0 bridgehead atoms. The predicted molar refractivity (Wildman–Crippen MR) is 121 cm³/mol. The highest BCUT2D eigenvalue weighted by molar-refractivity contribution is 6.01. The Bertz CT molecular complexity index is 1140. The van der Waals surface area contributed by atoms with Gasteiger partial charge >= 0.3 is 0 Å². The molecule has 2 amide bonds. The van der Waals surface area contributed by atoms with Crippen LogP contribution in [0.1, 0.15) is 17.5 Å². The first kappa shape index (κ1) is 20.7. The number of benzene rings is 3. The third kappa shape index (κ3) is 4.33. The van der Waals surface area contributed by atoms with Gasteiger partial charge in [-0.2, -0.15) is 0 Å². The van der Waals surface area contributed by atoms with E-state index >= 15 is 0 Å². The fourth-order valence-electron chi connectivity index (χ4n) is 3.97. The highest BCUT2D eigenvalue weighted by Crippen LogP contribution is 2.34. The van der Waals surface area contributed by atoms with E-state index in [0.29, 0.717) is 24.5 Å². The largest absolute Gasteiger partial charge is 0.497 e. The maximum absolute atomic E-state index is 12.8. The van der Waals surface area contributed by atoms with Gasteiger partial charge in [0.05, 0.1) is 25.8 Å². The molecule has 1 atom stereocenters. The molecule has 3 aromatic rings. The highest BCUT2D eigenvalue weighted by Gasteiger charge is 2.36. The number of rotatable bonds is 6. The summed E-state index contributed by atoms with van der Waals surface area (Å²) in [5, 5.41) is 5.15. The first-order chi connectivity index (χ1) is 15.0. The molecule has 1 aliphatic rings. The monoisotopic (exact) mass is 418 g/mol. The van der Waals surface area contributed by atoms with Crippen molar-refractivity contribution in [3.8, 4) is 11.5 Å². The number of hydrogen-bond donors (Lipinski definition) is 1. The zero-order valence-electron chi connectivity index (χ0n) is 18.0. The molecule has 0 spiro atoms. The zero-order valence-corrected chi connectivity index (χ0v) is 18.0. The van der Waals surface area contributed by atoms with Gasteiger partial charge in [0.15, 0.2) is 0 Å². The number of amides is 2. The molecular weight excluding hydrogens is 392 g/mol. The van der Waals surface area contributed by atoms with Crippen LogP contribution >= 0.6 is 0 Å². The second-order valence-electron chi connectivity index (χ2n) is 7.85. The second-order valence-corrected chi connectivity index (χ2v) is 7.85. The van der Waals surface area contributed by atoms with Crippen LogP contribution < -0.4 is 19.7 Å². The molecule has 0 radical (unpaired) electrons. The lowest BCUT2D eigenvalue weighted by molar-refractivity contribution is -0.126. The van der Waals surface area contributed by atoms with E-state index in [9.17, 15) is 9.59 Å². The first-order valence-corrected chi connectivity index (χ1v) is 10.3. The zero-order chi connectivity index (χ0) is 22.0. The number of fused-ring (bicyclic) bond motifs is 1. The van der Waals surface area contributed by atoms with Gasteiger partial charge in [0.1, 0.15) is 11.5 Å². The Hall–Kier alpha value is -3.54. The van der Waals surface area contributed by atoms with Crippen LogP contribution in [0.2, 0.25) is 0 Å². The molecule has 160 valence electrons. The Morgan fingerprint density at radius 3 is 2.58 bits per heavy atom. The number of hydrogen-bond acceptors (Lipinski definition) is 4. The standard InChI is InChI=1S/C25H26N2O4/c1-16-4-9-23(31-3)22(10-16)27-15-20(13-24(27)28)25(29)26-14-17-5-6-19-12-21(30-2)8-7-18(19)11-17/h4-12,20H,13-15H2,1-3H3,(H,26,29). The molecule has 6 heteroatoms. The fourth-order valence-corrected chi connectivity index (χ4v) is 3.97. The molecule has 31 heavy (non-hydrogen) atoms. The average Bonchev–Trinajstić information content (AvgIpc) is 3.18. The maximum atomic E-state index is 12.8. The fraction of sp³-hybridized carbons (Fsp3) is 0.280. The Morgan fingerprint density at radius 2 is 1.81 bits per heavy atom. The van der Waals surface area contributed by atoms with Gasteiger partial charge < -0.3 is 19.7 Å². The van der Waals surface area contributed by atoms with Gasteiger partial charge in [-0.15, -0.1) is 0 Å². The van der Waals surface area contributed by atoms with Gasteiger partial charge in [-0.05, 0) is 59.2 Å². The van der Waals surface area contributed by atoms with E-state index in [1.54, 1.807) is 19.1 Å². The summed E-state index contributed by atoms with van der Waals surface area (Å²) in [5.41, 5.74) is 2.76. The predicted octanol–water partition coefficient (Wildman–Crippen LogP) is 3.83. The summed E-state index contributed by atoms with van der Waals surface area (Å²) in [4.78, 5) is 27.0. The van der Waals surface area contributed by atoms with E-state index in [1.165, 1.54) is 0 Å². The van der Waals surface area contributed by atoms with Crippen LogP contribution in [-0.4, -0.2) is 32.6 Å². The molecule has 1 fully saturated rings. The number of nitrogens with zero attached hydrogens (tertiary/aromatic N) is 1. The van der Waals surface area contributed by atoms with Crippen LogP contribution in [0.25, 0.3) is 10.8 Å². The van der Waals surface area contributed by atoms with Crippen molar-refractivity contribution in [1.82, 2.24) is 5.32 Å². The quantitative estimate of drug-likeness (QED) is 0.661. The average molecular weight is 418 g/mol. The van der Waals surface area contributed by atoms with Gasteiger partial charge in [-0.3, -0.25) is 9.59 Å². The van der Waals surface area contributed by atoms with Gasteiger partial charge in [0.25, 0.3) is 0 Å². The van der Waals surface area contributed by atoms with Crippen molar-refractivity contribution in [2.75, 3.05) is 25.7 Å². The maximum Gasteiger partial charge on any atom is 0.227 e. The van der Waals surface area contributed by atoms with Crippen molar-refractivity contribution in [3.05, 3.63) is 65.7 Å². The minimum absolute atomic E-state index is 0.0660. The number of ether oxygens (including phenoxy) is 2. The van der Waals surface area contributed by atoms with Crippen LogP contribution in [0, 0.1) is 12.8 Å². The number of methoxy groups -OCH3 is 2. The SMILES string of the molecule is COc1ccc2cc(CNC(=O)C3CC(=O)N(c4cc(C)ccc4OC)C3)ccc2c1. The number of aryl methyl sites for hydroxylation is 1. The number of carbonyl (C=O) groups is 2. The van der Waals surface area contributed by atoms with Crippen molar-refractivity contribution in [1.29, 1.82) is 0 Å². The molecule has 1 saturated heterocycles. The van der Waals surface area contributed by atoms with E-state index in [-0.39, 0.29) is 24.2 Å². The summed E-state index contributed by atoms with van der Waals surface area (Å²) < 4.78 is 10.7. The van der Waals surface area contributed by atoms with E-state index in [4.69, 9.17) is 9.47 Å². The van der Waals surface area contributed by atoms with Gasteiger partial charge in [-0.1, -0.05) is 24.3 Å². The smallest absolute Gasteiger partial charge is 0.227 e. The number of carbonyl (C=O) groups excluding carboxylic acids is 2. The molecule has 6 nitrogen and oxygen atoms in total. The van der Waals surface area contributed by atoms with Gasteiger partial charge in [-0.25, -0.2) is 0 Å². The molecule has 0 saturated carbocycles. The summed E-state index contributed by atoms with van der Waals surface area (Å²) in [6.45, 7) is 2.73. The van der Waals surface area contributed by atoms with Gasteiger partial charge in [0.2, 0.25) is 11.8 Å². The summed E-state index contributed by atoms with van der Waals surface area (Å²) >= 11 is 0. The molecule has 0 aromatic heterocycles. The van der Waals surface area contributed by atoms with Crippen LogP contribution in [0.4, 0.5) is 5.69 Å². The third-order valence-electron chi connectivity index (χ3n) is 5.70. The minimum Gasteiger partial charge on any atom is -0.497 e. The summed E-state index contributed by atoms with van der Waals surface area (Å²) in [6, 6.07) is 17.7. The third-order valence-corrected chi connectivity index (χ3v) is 5.70. The van der Waals surface area contributed by atoms with Crippen molar-refractivity contribution in [3.63, 3.8) is 0 Å². The Kier molecular flexibility index (Phi) is 5.80. The highest BCUT2D eigenvalue weighted by atomic mass is 16.5.